The van der Waals surface area contributed by atoms with Gasteiger partial charge in [-0.05, 0) is 18.6 Å². The highest BCUT2D eigenvalue weighted by Crippen LogP contribution is 2.37. The van der Waals surface area contributed by atoms with Gasteiger partial charge in [0.15, 0.2) is 10.1 Å². The van der Waals surface area contributed by atoms with Crippen LogP contribution in [0.25, 0.3) is 11.3 Å². The number of hydrogen-bond donors (Lipinski definition) is 1. The van der Waals surface area contributed by atoms with Gasteiger partial charge in [0.05, 0.1) is 5.69 Å². The van der Waals surface area contributed by atoms with E-state index in [0.29, 0.717) is 5.13 Å². The van der Waals surface area contributed by atoms with Gasteiger partial charge in [0.25, 0.3) is 0 Å². The maximum Gasteiger partial charge on any atom is 0.182 e. The zero-order valence-electron chi connectivity index (χ0n) is 11.5. The molecule has 0 spiro atoms. The van der Waals surface area contributed by atoms with Gasteiger partial charge in [0.2, 0.25) is 0 Å². The lowest BCUT2D eigenvalue weighted by Gasteiger charge is -1.98. The third-order valence-corrected chi connectivity index (χ3v) is 3.81. The van der Waals surface area contributed by atoms with E-state index in [1.54, 1.807) is 0 Å². The molecule has 104 valence electrons. The zero-order chi connectivity index (χ0) is 14.7. The summed E-state index contributed by atoms with van der Waals surface area (Å²) in [5.41, 5.74) is 9.52. The number of rotatable bonds is 3. The Kier molecular flexibility index (Phi) is 3.75. The first-order valence-corrected chi connectivity index (χ1v) is 7.35. The highest BCUT2D eigenvalue weighted by atomic mass is 32.1. The minimum Gasteiger partial charge on any atom is -0.375 e. The number of nitrogen functional groups attached to an aromatic ring is 1. The summed E-state index contributed by atoms with van der Waals surface area (Å²) in [5, 5.41) is 9.87. The van der Waals surface area contributed by atoms with Crippen LogP contribution in [0.3, 0.4) is 0 Å². The molecule has 0 unspecified atom stereocenters. The van der Waals surface area contributed by atoms with E-state index in [4.69, 9.17) is 5.73 Å². The van der Waals surface area contributed by atoms with E-state index in [1.165, 1.54) is 11.3 Å². The fourth-order valence-corrected chi connectivity index (χ4v) is 2.63. The van der Waals surface area contributed by atoms with Crippen LogP contribution in [-0.4, -0.2) is 4.98 Å². The Morgan fingerprint density at radius 2 is 1.67 bits per heavy atom. The first kappa shape index (κ1) is 13.5. The van der Waals surface area contributed by atoms with Crippen molar-refractivity contribution in [3.8, 4) is 11.3 Å². The highest BCUT2D eigenvalue weighted by Gasteiger charge is 2.11. The smallest absolute Gasteiger partial charge is 0.182 e. The molecule has 0 aliphatic rings. The van der Waals surface area contributed by atoms with E-state index in [1.807, 2.05) is 61.5 Å². The summed E-state index contributed by atoms with van der Waals surface area (Å²) in [6, 6.07) is 17.7. The molecule has 4 nitrogen and oxygen atoms in total. The van der Waals surface area contributed by atoms with Crippen molar-refractivity contribution in [2.75, 3.05) is 5.73 Å². The van der Waals surface area contributed by atoms with Crippen molar-refractivity contribution in [1.29, 1.82) is 0 Å². The molecule has 0 saturated carbocycles. The zero-order valence-corrected chi connectivity index (χ0v) is 12.3. The Hall–Kier alpha value is -2.53. The Morgan fingerprint density at radius 1 is 0.952 bits per heavy atom. The highest BCUT2D eigenvalue weighted by molar-refractivity contribution is 7.19. The number of thiazole rings is 1. The van der Waals surface area contributed by atoms with Crippen molar-refractivity contribution in [3.05, 3.63) is 60.2 Å². The molecule has 3 rings (SSSR count). The molecular formula is C16H14N4S. The Bertz CT molecular complexity index is 778. The Labute approximate surface area is 127 Å². The second-order valence-electron chi connectivity index (χ2n) is 4.56. The minimum atomic E-state index is 0.493. The predicted octanol–water partition coefficient (Wildman–Crippen LogP) is 5.12. The third-order valence-electron chi connectivity index (χ3n) is 3.04. The number of aromatic nitrogens is 1. The van der Waals surface area contributed by atoms with E-state index in [-0.39, 0.29) is 0 Å². The molecule has 1 aromatic heterocycles. The summed E-state index contributed by atoms with van der Waals surface area (Å²) in [4.78, 5) is 4.36. The first-order chi connectivity index (χ1) is 10.2. The Balaban J connectivity index is 1.99. The molecule has 1 heterocycles. The number of hydrogen-bond acceptors (Lipinski definition) is 5. The normalized spacial score (nSPS) is 11.1. The van der Waals surface area contributed by atoms with Crippen LogP contribution in [0.15, 0.2) is 64.8 Å². The fourth-order valence-electron chi connectivity index (χ4n) is 1.95. The van der Waals surface area contributed by atoms with Gasteiger partial charge in [-0.2, -0.15) is 0 Å². The maximum atomic E-state index is 5.82. The fraction of sp³-hybridized carbons (Fsp3) is 0.0625. The van der Waals surface area contributed by atoms with Crippen LogP contribution in [0, 0.1) is 6.92 Å². The second kappa shape index (κ2) is 5.85. The molecule has 0 aliphatic heterocycles. The lowest BCUT2D eigenvalue weighted by Crippen LogP contribution is -1.82. The van der Waals surface area contributed by atoms with Gasteiger partial charge < -0.3 is 5.73 Å². The van der Waals surface area contributed by atoms with E-state index in [2.05, 4.69) is 15.2 Å². The number of nitrogens with zero attached hydrogens (tertiary/aromatic N) is 3. The van der Waals surface area contributed by atoms with E-state index in [9.17, 15) is 0 Å². The standard InChI is InChI=1S/C16H14N4S/c1-11-7-5-6-10-13(11)19-20-15-14(18-16(17)21-15)12-8-3-2-4-9-12/h2-10H,1H3,(H2,17,18). The van der Waals surface area contributed by atoms with E-state index < -0.39 is 0 Å². The van der Waals surface area contributed by atoms with Crippen molar-refractivity contribution in [3.63, 3.8) is 0 Å². The third kappa shape index (κ3) is 2.98. The van der Waals surface area contributed by atoms with Gasteiger partial charge in [0.1, 0.15) is 5.69 Å². The first-order valence-electron chi connectivity index (χ1n) is 6.53. The summed E-state index contributed by atoms with van der Waals surface area (Å²) < 4.78 is 0. The molecule has 21 heavy (non-hydrogen) atoms. The molecule has 0 radical (unpaired) electrons. The summed E-state index contributed by atoms with van der Waals surface area (Å²) in [6.07, 6.45) is 0. The number of nitrogens with two attached hydrogens (primary N) is 1. The van der Waals surface area contributed by atoms with Crippen LogP contribution in [0.4, 0.5) is 15.8 Å². The largest absolute Gasteiger partial charge is 0.375 e. The summed E-state index contributed by atoms with van der Waals surface area (Å²) in [7, 11) is 0. The second-order valence-corrected chi connectivity index (χ2v) is 5.57. The van der Waals surface area contributed by atoms with Crippen LogP contribution < -0.4 is 5.73 Å². The average Bonchev–Trinajstić information content (AvgIpc) is 2.88. The molecule has 2 N–H and O–H groups in total. The SMILES string of the molecule is Cc1ccccc1N=Nc1sc(N)nc1-c1ccccc1. The van der Waals surface area contributed by atoms with E-state index >= 15 is 0 Å². The molecule has 3 aromatic rings. The number of benzene rings is 2. The minimum absolute atomic E-state index is 0.493. The Morgan fingerprint density at radius 3 is 2.43 bits per heavy atom. The van der Waals surface area contributed by atoms with Gasteiger partial charge >= 0.3 is 0 Å². The van der Waals surface area contributed by atoms with Crippen molar-refractivity contribution in [2.24, 2.45) is 10.2 Å². The van der Waals surface area contributed by atoms with Gasteiger partial charge in [-0.1, -0.05) is 59.9 Å². The quantitative estimate of drug-likeness (QED) is 0.682. The average molecular weight is 294 g/mol. The molecular weight excluding hydrogens is 280 g/mol. The van der Waals surface area contributed by atoms with Gasteiger partial charge in [-0.25, -0.2) is 4.98 Å². The van der Waals surface area contributed by atoms with Gasteiger partial charge in [-0.3, -0.25) is 0 Å². The topological polar surface area (TPSA) is 63.6 Å². The number of anilines is 1. The van der Waals surface area contributed by atoms with Crippen molar-refractivity contribution in [1.82, 2.24) is 4.98 Å². The molecule has 5 heteroatoms. The summed E-state index contributed by atoms with van der Waals surface area (Å²) >= 11 is 1.34. The number of azo groups is 1. The molecule has 2 aromatic carbocycles. The lowest BCUT2D eigenvalue weighted by molar-refractivity contribution is 1.22. The van der Waals surface area contributed by atoms with Crippen LogP contribution >= 0.6 is 11.3 Å². The molecule has 0 bridgehead atoms. The number of aryl methyl sites for hydroxylation is 1. The molecule has 0 fully saturated rings. The molecule has 0 aliphatic carbocycles. The van der Waals surface area contributed by atoms with Crippen LogP contribution in [-0.2, 0) is 0 Å². The predicted molar refractivity (Wildman–Crippen MR) is 87.3 cm³/mol. The van der Waals surface area contributed by atoms with E-state index in [0.717, 1.165) is 27.5 Å². The molecule has 0 amide bonds. The van der Waals surface area contributed by atoms with Crippen molar-refractivity contribution < 1.29 is 0 Å². The molecule has 0 atom stereocenters. The summed E-state index contributed by atoms with van der Waals surface area (Å²) in [5.74, 6) is 0. The van der Waals surface area contributed by atoms with Crippen LogP contribution in [0.1, 0.15) is 5.56 Å². The monoisotopic (exact) mass is 294 g/mol. The maximum absolute atomic E-state index is 5.82. The van der Waals surface area contributed by atoms with Crippen molar-refractivity contribution in [2.45, 2.75) is 6.92 Å². The van der Waals surface area contributed by atoms with Gasteiger partial charge in [0, 0.05) is 5.56 Å². The van der Waals surface area contributed by atoms with Gasteiger partial charge in [-0.15, -0.1) is 10.2 Å². The molecule has 0 saturated heterocycles. The van der Waals surface area contributed by atoms with Crippen LogP contribution in [0.2, 0.25) is 0 Å². The van der Waals surface area contributed by atoms with Crippen molar-refractivity contribution >= 4 is 27.2 Å². The van der Waals surface area contributed by atoms with Crippen LogP contribution in [0.5, 0.6) is 0 Å². The lowest BCUT2D eigenvalue weighted by atomic mass is 10.2. The summed E-state index contributed by atoms with van der Waals surface area (Å²) in [6.45, 7) is 2.01.